The topological polar surface area (TPSA) is 86.2 Å². The Morgan fingerprint density at radius 3 is 2.20 bits per heavy atom. The highest BCUT2D eigenvalue weighted by Crippen LogP contribution is 1.93. The van der Waals surface area contributed by atoms with Crippen molar-refractivity contribution in [2.24, 2.45) is 7.05 Å². The van der Waals surface area contributed by atoms with E-state index in [1.807, 2.05) is 30.9 Å². The van der Waals surface area contributed by atoms with Gasteiger partial charge in [-0.05, 0) is 0 Å². The Bertz CT molecular complexity index is 405. The molecule has 1 atom stereocenters. The summed E-state index contributed by atoms with van der Waals surface area (Å²) in [6.45, 7) is 3.71. The molecular weight excluding hydrogens is 244 g/mol. The number of aromatic nitrogens is 2. The number of aliphatic hydroxyl groups excluding tert-OH is 1. The lowest BCUT2D eigenvalue weighted by Gasteiger charge is -1.99. The zero-order valence-electron chi connectivity index (χ0n) is 8.58. The van der Waals surface area contributed by atoms with E-state index in [0.29, 0.717) is 0 Å². The van der Waals surface area contributed by atoms with Gasteiger partial charge in [-0.1, -0.05) is 0 Å². The van der Waals surface area contributed by atoms with Crippen LogP contribution in [0.4, 0.5) is 0 Å². The van der Waals surface area contributed by atoms with E-state index in [2.05, 4.69) is 10.7 Å². The van der Waals surface area contributed by atoms with Crippen LogP contribution in [0.2, 0.25) is 0 Å². The molecule has 8 heteroatoms. The van der Waals surface area contributed by atoms with Gasteiger partial charge in [0.05, 0.1) is 7.05 Å². The summed E-state index contributed by atoms with van der Waals surface area (Å²) in [6, 6.07) is 0. The Morgan fingerprint density at radius 2 is 2.07 bits per heavy atom. The lowest BCUT2D eigenvalue weighted by atomic mass is 10.6. The molecule has 1 aromatic rings. The highest BCUT2D eigenvalue weighted by atomic mass is 35.7. The number of halogens is 1. The van der Waals surface area contributed by atoms with Gasteiger partial charge in [0.15, 0.2) is 15.6 Å². The number of nitrogens with zero attached hydrogens (tertiary/aromatic N) is 2. The van der Waals surface area contributed by atoms with Gasteiger partial charge in [0.1, 0.15) is 12.4 Å². The fourth-order valence-electron chi connectivity index (χ4n) is 0.965. The molecule has 0 fully saturated rings. The maximum atomic E-state index is 9.17. The molecule has 1 rings (SSSR count). The van der Waals surface area contributed by atoms with Gasteiger partial charge in [0, 0.05) is 24.5 Å². The second-order valence-corrected chi connectivity index (χ2v) is 4.81. The van der Waals surface area contributed by atoms with Crippen molar-refractivity contribution in [3.63, 3.8) is 0 Å². The molecule has 1 heterocycles. The summed E-state index contributed by atoms with van der Waals surface area (Å²) in [6.07, 6.45) is 3.35. The first-order valence-electron chi connectivity index (χ1n) is 3.99. The highest BCUT2D eigenvalue weighted by molar-refractivity contribution is 8.09. The van der Waals surface area contributed by atoms with Crippen molar-refractivity contribution in [3.05, 3.63) is 18.2 Å². The zero-order chi connectivity index (χ0) is 12.2. The van der Waals surface area contributed by atoms with Crippen LogP contribution < -0.4 is 4.57 Å². The summed E-state index contributed by atoms with van der Waals surface area (Å²) in [5.41, 5.74) is 0. The third-order valence-electron chi connectivity index (χ3n) is 1.74. The number of hydrogen-bond donors (Lipinski definition) is 1. The number of aliphatic hydroxyl groups is 1. The molecule has 0 amide bonds. The summed E-state index contributed by atoms with van der Waals surface area (Å²) in [7, 11) is 1.45. The minimum absolute atomic E-state index is 0.429. The standard InChI is InChI=1S/C7H13N2O.ClHO3S/c1-6-8(3)4-5-9(6)7(2)10;1-5(2,3)4/h4-5,7,10H,1-3H3;(H,2,3,4)/q+1;/p-1. The molecule has 0 aliphatic carbocycles. The van der Waals surface area contributed by atoms with Crippen molar-refractivity contribution < 1.29 is 22.6 Å². The molecule has 1 unspecified atom stereocenters. The van der Waals surface area contributed by atoms with E-state index in [1.54, 1.807) is 11.5 Å². The van der Waals surface area contributed by atoms with Gasteiger partial charge in [-0.25, -0.2) is 17.6 Å². The van der Waals surface area contributed by atoms with Crippen molar-refractivity contribution in [1.82, 2.24) is 4.57 Å². The Labute approximate surface area is 93.0 Å². The summed E-state index contributed by atoms with van der Waals surface area (Å²) in [5, 5.41) is 9.17. The predicted octanol–water partition coefficient (Wildman–Crippen LogP) is -0.183. The van der Waals surface area contributed by atoms with Crippen LogP contribution in [0.15, 0.2) is 12.4 Å². The van der Waals surface area contributed by atoms with Crippen LogP contribution in [-0.4, -0.2) is 22.6 Å². The molecule has 6 nitrogen and oxygen atoms in total. The molecule has 0 aromatic carbocycles. The van der Waals surface area contributed by atoms with Crippen LogP contribution in [0.3, 0.4) is 0 Å². The number of hydrogen-bond acceptors (Lipinski definition) is 4. The van der Waals surface area contributed by atoms with Gasteiger partial charge in [0.2, 0.25) is 0 Å². The largest absolute Gasteiger partial charge is 0.735 e. The first-order valence-corrected chi connectivity index (χ1v) is 6.23. The lowest BCUT2D eigenvalue weighted by Crippen LogP contribution is -2.39. The van der Waals surface area contributed by atoms with Gasteiger partial charge in [-0.2, -0.15) is 0 Å². The van der Waals surface area contributed by atoms with Gasteiger partial charge in [0.25, 0.3) is 5.82 Å². The molecular formula is C7H13ClN2O4S. The normalized spacial score (nSPS) is 12.9. The molecule has 1 N–H and O–H groups in total. The molecule has 88 valence electrons. The SMILES string of the molecule is Cc1n(C)cc[n+]1C(C)O.O=S(=O)([O-])Cl. The highest BCUT2D eigenvalue weighted by Gasteiger charge is 2.11. The molecule has 0 bridgehead atoms. The molecule has 0 radical (unpaired) electrons. The van der Waals surface area contributed by atoms with Gasteiger partial charge in [-0.3, -0.25) is 0 Å². The minimum Gasteiger partial charge on any atom is -0.735 e. The van der Waals surface area contributed by atoms with E-state index in [0.717, 1.165) is 5.82 Å². The first-order chi connectivity index (χ1) is 6.63. The monoisotopic (exact) mass is 256 g/mol. The smallest absolute Gasteiger partial charge is 0.255 e. The van der Waals surface area contributed by atoms with Crippen molar-refractivity contribution in [1.29, 1.82) is 0 Å². The van der Waals surface area contributed by atoms with Gasteiger partial charge in [-0.15, -0.1) is 0 Å². The number of imidazole rings is 1. The maximum Gasteiger partial charge on any atom is 0.255 e. The second kappa shape index (κ2) is 5.45. The third kappa shape index (κ3) is 6.45. The average Bonchev–Trinajstić information content (AvgIpc) is 2.29. The molecule has 0 saturated carbocycles. The van der Waals surface area contributed by atoms with Crippen molar-refractivity contribution in [2.45, 2.75) is 20.1 Å². The van der Waals surface area contributed by atoms with E-state index in [-0.39, 0.29) is 0 Å². The van der Waals surface area contributed by atoms with E-state index >= 15 is 0 Å². The summed E-state index contributed by atoms with van der Waals surface area (Å²) in [5.74, 6) is 1.05. The Kier molecular flexibility index (Phi) is 5.22. The molecule has 0 aliphatic heterocycles. The zero-order valence-corrected chi connectivity index (χ0v) is 10.2. The van der Waals surface area contributed by atoms with E-state index in [9.17, 15) is 0 Å². The Hall–Kier alpha value is -0.630. The van der Waals surface area contributed by atoms with E-state index in [4.69, 9.17) is 18.1 Å². The molecule has 0 saturated heterocycles. The van der Waals surface area contributed by atoms with E-state index < -0.39 is 15.6 Å². The Morgan fingerprint density at radius 1 is 1.67 bits per heavy atom. The minimum atomic E-state index is -4.44. The molecule has 15 heavy (non-hydrogen) atoms. The Balaban J connectivity index is 0.000000336. The fourth-order valence-corrected chi connectivity index (χ4v) is 0.965. The average molecular weight is 257 g/mol. The summed E-state index contributed by atoms with van der Waals surface area (Å²) >= 11 is 0. The second-order valence-electron chi connectivity index (χ2n) is 2.89. The predicted molar refractivity (Wildman–Crippen MR) is 52.8 cm³/mol. The first kappa shape index (κ1) is 14.4. The summed E-state index contributed by atoms with van der Waals surface area (Å²) in [4.78, 5) is 0. The number of aryl methyl sites for hydroxylation is 1. The maximum absolute atomic E-state index is 9.17. The molecule has 1 aromatic heterocycles. The van der Waals surface area contributed by atoms with Gasteiger partial charge >= 0.3 is 0 Å². The molecule has 0 spiro atoms. The van der Waals surface area contributed by atoms with Crippen molar-refractivity contribution in [2.75, 3.05) is 0 Å². The van der Waals surface area contributed by atoms with E-state index in [1.165, 1.54) is 0 Å². The van der Waals surface area contributed by atoms with Crippen LogP contribution in [0.1, 0.15) is 19.0 Å². The van der Waals surface area contributed by atoms with Crippen LogP contribution in [0, 0.1) is 6.92 Å². The third-order valence-corrected chi connectivity index (χ3v) is 1.74. The lowest BCUT2D eigenvalue weighted by molar-refractivity contribution is -0.760. The van der Waals surface area contributed by atoms with Crippen LogP contribution >= 0.6 is 10.7 Å². The fraction of sp³-hybridized carbons (Fsp3) is 0.571. The van der Waals surface area contributed by atoms with Crippen molar-refractivity contribution >= 4 is 20.0 Å². The van der Waals surface area contributed by atoms with Crippen LogP contribution in [0.5, 0.6) is 0 Å². The molecule has 0 aliphatic rings. The van der Waals surface area contributed by atoms with Crippen LogP contribution in [0.25, 0.3) is 0 Å². The van der Waals surface area contributed by atoms with Crippen molar-refractivity contribution in [3.8, 4) is 0 Å². The summed E-state index contributed by atoms with van der Waals surface area (Å²) < 4.78 is 30.3. The quantitative estimate of drug-likeness (QED) is 0.429. The number of rotatable bonds is 1. The van der Waals surface area contributed by atoms with Gasteiger partial charge < -0.3 is 9.66 Å². The van der Waals surface area contributed by atoms with Crippen LogP contribution in [-0.2, 0) is 16.4 Å².